The van der Waals surface area contributed by atoms with E-state index in [9.17, 15) is 17.6 Å². The number of sulfone groups is 1. The summed E-state index contributed by atoms with van der Waals surface area (Å²) >= 11 is 0. The van der Waals surface area contributed by atoms with Gasteiger partial charge in [0.25, 0.3) is 5.56 Å². The molecule has 2 aromatic rings. The van der Waals surface area contributed by atoms with Crippen molar-refractivity contribution in [3.8, 4) is 5.75 Å². The molecule has 0 atom stereocenters. The second-order valence-corrected chi connectivity index (χ2v) is 7.93. The molecule has 3 rings (SSSR count). The third kappa shape index (κ3) is 3.72. The molecular formula is C16H18FN3O4S. The van der Waals surface area contributed by atoms with Crippen LogP contribution in [0.3, 0.4) is 0 Å². The highest BCUT2D eigenvalue weighted by Gasteiger charge is 2.23. The van der Waals surface area contributed by atoms with Crippen LogP contribution in [0, 0.1) is 5.82 Å². The molecule has 0 radical (unpaired) electrons. The summed E-state index contributed by atoms with van der Waals surface area (Å²) < 4.78 is 42.0. The fourth-order valence-corrected chi connectivity index (χ4v) is 3.40. The highest BCUT2D eigenvalue weighted by atomic mass is 32.2. The Morgan fingerprint density at radius 3 is 2.80 bits per heavy atom. The van der Waals surface area contributed by atoms with Crippen molar-refractivity contribution in [2.45, 2.75) is 24.7 Å². The van der Waals surface area contributed by atoms with E-state index in [1.165, 1.54) is 13.2 Å². The molecule has 25 heavy (non-hydrogen) atoms. The number of benzene rings is 1. The predicted molar refractivity (Wildman–Crippen MR) is 88.7 cm³/mol. The van der Waals surface area contributed by atoms with Gasteiger partial charge in [0.05, 0.1) is 12.8 Å². The first-order valence-corrected chi connectivity index (χ1v) is 9.54. The van der Waals surface area contributed by atoms with Crippen molar-refractivity contribution in [1.29, 1.82) is 0 Å². The smallest absolute Gasteiger partial charge is 0.255 e. The molecule has 0 saturated heterocycles. The van der Waals surface area contributed by atoms with Gasteiger partial charge in [0, 0.05) is 31.5 Å². The molecule has 0 bridgehead atoms. The summed E-state index contributed by atoms with van der Waals surface area (Å²) in [6, 6.07) is 4.74. The van der Waals surface area contributed by atoms with E-state index >= 15 is 0 Å². The van der Waals surface area contributed by atoms with Gasteiger partial charge >= 0.3 is 0 Å². The van der Waals surface area contributed by atoms with Crippen LogP contribution >= 0.6 is 0 Å². The summed E-state index contributed by atoms with van der Waals surface area (Å²) in [4.78, 5) is 20.5. The van der Waals surface area contributed by atoms with Gasteiger partial charge in [-0.3, -0.25) is 14.7 Å². The van der Waals surface area contributed by atoms with Crippen LogP contribution in [0.1, 0.15) is 16.8 Å². The van der Waals surface area contributed by atoms with E-state index in [1.54, 1.807) is 12.1 Å². The predicted octanol–water partition coefficient (Wildman–Crippen LogP) is 0.879. The number of hydrogen-bond donors (Lipinski definition) is 1. The van der Waals surface area contributed by atoms with Gasteiger partial charge in [-0.1, -0.05) is 6.07 Å². The van der Waals surface area contributed by atoms with Crippen molar-refractivity contribution in [2.75, 3.05) is 19.9 Å². The Morgan fingerprint density at radius 1 is 1.40 bits per heavy atom. The molecule has 0 amide bonds. The molecule has 1 aliphatic heterocycles. The lowest BCUT2D eigenvalue weighted by atomic mass is 10.1. The van der Waals surface area contributed by atoms with Crippen molar-refractivity contribution in [1.82, 2.24) is 14.9 Å². The summed E-state index contributed by atoms with van der Waals surface area (Å²) in [7, 11) is -2.19. The monoisotopic (exact) mass is 367 g/mol. The first-order valence-electron chi connectivity index (χ1n) is 7.65. The number of methoxy groups -OCH3 is 1. The van der Waals surface area contributed by atoms with Crippen molar-refractivity contribution >= 4 is 9.84 Å². The number of H-pyrrole nitrogens is 1. The zero-order valence-electron chi connectivity index (χ0n) is 13.9. The van der Waals surface area contributed by atoms with Crippen molar-refractivity contribution in [3.63, 3.8) is 0 Å². The zero-order valence-corrected chi connectivity index (χ0v) is 14.7. The lowest BCUT2D eigenvalue weighted by Gasteiger charge is -2.27. The highest BCUT2D eigenvalue weighted by molar-refractivity contribution is 7.90. The molecule has 1 aromatic heterocycles. The molecule has 0 spiro atoms. The maximum atomic E-state index is 13.8. The first-order chi connectivity index (χ1) is 11.8. The van der Waals surface area contributed by atoms with Crippen LogP contribution in [0.15, 0.2) is 28.2 Å². The highest BCUT2D eigenvalue weighted by Crippen LogP contribution is 2.21. The van der Waals surface area contributed by atoms with Gasteiger partial charge in [0.1, 0.15) is 0 Å². The average molecular weight is 367 g/mol. The summed E-state index contributed by atoms with van der Waals surface area (Å²) in [5.74, 6) is -0.259. The summed E-state index contributed by atoms with van der Waals surface area (Å²) in [6.45, 7) is 1.39. The SMILES string of the molecule is COc1ccc(CN2CCc3c(nc(S(C)(=O)=O)[nH]c3=O)C2)cc1F. The number of hydrogen-bond acceptors (Lipinski definition) is 6. The second kappa shape index (κ2) is 6.57. The van der Waals surface area contributed by atoms with E-state index in [1.807, 2.05) is 4.90 Å². The largest absolute Gasteiger partial charge is 0.494 e. The Bertz CT molecular complexity index is 972. The van der Waals surface area contributed by atoms with E-state index in [0.29, 0.717) is 37.3 Å². The zero-order chi connectivity index (χ0) is 18.2. The second-order valence-electron chi connectivity index (χ2n) is 6.00. The number of ether oxygens (including phenoxy) is 1. The molecule has 1 N–H and O–H groups in total. The summed E-state index contributed by atoms with van der Waals surface area (Å²) in [6.07, 6.45) is 1.46. The molecule has 0 unspecified atom stereocenters. The number of nitrogens with one attached hydrogen (secondary N) is 1. The van der Waals surface area contributed by atoms with E-state index in [-0.39, 0.29) is 10.9 Å². The molecule has 134 valence electrons. The normalized spacial score (nSPS) is 15.0. The number of rotatable bonds is 4. The van der Waals surface area contributed by atoms with Gasteiger partial charge in [-0.2, -0.15) is 0 Å². The van der Waals surface area contributed by atoms with Crippen LogP contribution < -0.4 is 10.3 Å². The fourth-order valence-electron chi connectivity index (χ4n) is 2.85. The first kappa shape index (κ1) is 17.6. The molecule has 7 nitrogen and oxygen atoms in total. The third-order valence-corrected chi connectivity index (χ3v) is 5.00. The molecule has 9 heteroatoms. The molecule has 2 heterocycles. The summed E-state index contributed by atoms with van der Waals surface area (Å²) in [5, 5.41) is -0.325. The number of aromatic nitrogens is 2. The van der Waals surface area contributed by atoms with Crippen LogP contribution in [0.2, 0.25) is 0 Å². The Morgan fingerprint density at radius 2 is 2.16 bits per heavy atom. The Labute approximate surface area is 144 Å². The van der Waals surface area contributed by atoms with Crippen LogP contribution in [0.25, 0.3) is 0 Å². The van der Waals surface area contributed by atoms with Crippen molar-refractivity contribution in [3.05, 3.63) is 51.2 Å². The maximum absolute atomic E-state index is 13.8. The summed E-state index contributed by atoms with van der Waals surface area (Å²) in [5.41, 5.74) is 1.30. The van der Waals surface area contributed by atoms with E-state index in [0.717, 1.165) is 11.8 Å². The minimum atomic E-state index is -3.60. The lowest BCUT2D eigenvalue weighted by Crippen LogP contribution is -2.35. The van der Waals surface area contributed by atoms with E-state index in [4.69, 9.17) is 4.74 Å². The van der Waals surface area contributed by atoms with Crippen LogP contribution in [-0.4, -0.2) is 43.2 Å². The van der Waals surface area contributed by atoms with Crippen LogP contribution in [-0.2, 0) is 29.3 Å². The number of halogens is 1. The van der Waals surface area contributed by atoms with Crippen molar-refractivity contribution in [2.24, 2.45) is 0 Å². The number of nitrogens with zero attached hydrogens (tertiary/aromatic N) is 2. The third-order valence-electron chi connectivity index (χ3n) is 4.10. The van der Waals surface area contributed by atoms with Crippen molar-refractivity contribution < 1.29 is 17.5 Å². The lowest BCUT2D eigenvalue weighted by molar-refractivity contribution is 0.238. The molecular weight excluding hydrogens is 349 g/mol. The minimum Gasteiger partial charge on any atom is -0.494 e. The molecule has 0 fully saturated rings. The van der Waals surface area contributed by atoms with Gasteiger partial charge in [0.15, 0.2) is 11.6 Å². The van der Waals surface area contributed by atoms with Crippen LogP contribution in [0.4, 0.5) is 4.39 Å². The number of fused-ring (bicyclic) bond motifs is 1. The Hall–Kier alpha value is -2.26. The molecule has 0 saturated carbocycles. The molecule has 0 aliphatic carbocycles. The van der Waals surface area contributed by atoms with Gasteiger partial charge in [0.2, 0.25) is 15.0 Å². The quantitative estimate of drug-likeness (QED) is 0.807. The topological polar surface area (TPSA) is 92.4 Å². The van der Waals surface area contributed by atoms with Gasteiger partial charge < -0.3 is 4.74 Å². The number of aromatic amines is 1. The van der Waals surface area contributed by atoms with Gasteiger partial charge in [-0.25, -0.2) is 17.8 Å². The van der Waals surface area contributed by atoms with Gasteiger partial charge in [-0.05, 0) is 24.1 Å². The standard InChI is InChI=1S/C16H18FN3O4S/c1-24-14-4-3-10(7-12(14)17)8-20-6-5-11-13(9-20)18-16(19-15(11)21)25(2,22)23/h3-4,7H,5-6,8-9H2,1-2H3,(H,18,19,21). The van der Waals surface area contributed by atoms with Crippen LogP contribution in [0.5, 0.6) is 5.75 Å². The fraction of sp³-hybridized carbons (Fsp3) is 0.375. The molecule has 1 aromatic carbocycles. The van der Waals surface area contributed by atoms with E-state index in [2.05, 4.69) is 9.97 Å². The maximum Gasteiger partial charge on any atom is 0.255 e. The Balaban J connectivity index is 1.84. The van der Waals surface area contributed by atoms with E-state index < -0.39 is 21.2 Å². The average Bonchev–Trinajstić information content (AvgIpc) is 2.54. The van der Waals surface area contributed by atoms with Gasteiger partial charge in [-0.15, -0.1) is 0 Å². The minimum absolute atomic E-state index is 0.179. The molecule has 1 aliphatic rings. The Kier molecular flexibility index (Phi) is 4.61.